The van der Waals surface area contributed by atoms with Crippen LogP contribution in [0, 0.1) is 0 Å². The number of hydrogen-bond acceptors (Lipinski definition) is 5. The third kappa shape index (κ3) is 4.81. The largest absolute Gasteiger partial charge is 0.381 e. The molecule has 7 heteroatoms. The summed E-state index contributed by atoms with van der Waals surface area (Å²) in [4.78, 5) is 2.19. The first-order chi connectivity index (χ1) is 8.66. The minimum atomic E-state index is -3.15. The molecule has 2 aliphatic rings. The Bertz CT molecular complexity index is 335. The minimum Gasteiger partial charge on any atom is -0.381 e. The molecule has 2 heterocycles. The quantitative estimate of drug-likeness (QED) is 0.674. The molecule has 0 aliphatic carbocycles. The molecular formula is C11H23N3O3S. The van der Waals surface area contributed by atoms with Gasteiger partial charge in [0.25, 0.3) is 0 Å². The van der Waals surface area contributed by atoms with E-state index in [2.05, 4.69) is 14.9 Å². The molecule has 0 radical (unpaired) electrons. The minimum absolute atomic E-state index is 0.0618. The van der Waals surface area contributed by atoms with Crippen LogP contribution in [0.5, 0.6) is 0 Å². The highest BCUT2D eigenvalue weighted by Crippen LogP contribution is 2.07. The molecule has 0 bridgehead atoms. The maximum atomic E-state index is 11.9. The van der Waals surface area contributed by atoms with Crippen LogP contribution in [0.25, 0.3) is 0 Å². The molecule has 0 atom stereocenters. The molecule has 6 nitrogen and oxygen atoms in total. The van der Waals surface area contributed by atoms with Gasteiger partial charge in [0.05, 0.1) is 5.75 Å². The van der Waals surface area contributed by atoms with E-state index in [1.807, 2.05) is 0 Å². The first-order valence-corrected chi connectivity index (χ1v) is 8.32. The van der Waals surface area contributed by atoms with Gasteiger partial charge in [-0.3, -0.25) is 4.90 Å². The van der Waals surface area contributed by atoms with Crippen molar-refractivity contribution in [2.24, 2.45) is 0 Å². The van der Waals surface area contributed by atoms with Crippen LogP contribution >= 0.6 is 0 Å². The zero-order valence-electron chi connectivity index (χ0n) is 10.7. The molecule has 106 valence electrons. The summed E-state index contributed by atoms with van der Waals surface area (Å²) in [5, 5.41) is 3.26. The molecule has 2 aliphatic heterocycles. The van der Waals surface area contributed by atoms with Crippen molar-refractivity contribution in [2.45, 2.75) is 18.9 Å². The number of nitrogens with one attached hydrogen (secondary N) is 2. The van der Waals surface area contributed by atoms with Crippen LogP contribution in [0.1, 0.15) is 12.8 Å². The van der Waals surface area contributed by atoms with Crippen LogP contribution in [-0.2, 0) is 14.8 Å². The highest BCUT2D eigenvalue weighted by atomic mass is 32.2. The van der Waals surface area contributed by atoms with Gasteiger partial charge in [-0.05, 0) is 12.8 Å². The molecule has 2 N–H and O–H groups in total. The van der Waals surface area contributed by atoms with E-state index in [0.717, 1.165) is 39.0 Å². The zero-order valence-corrected chi connectivity index (χ0v) is 11.5. The summed E-state index contributed by atoms with van der Waals surface area (Å²) in [5.41, 5.74) is 0. The first-order valence-electron chi connectivity index (χ1n) is 6.66. The van der Waals surface area contributed by atoms with Crippen LogP contribution in [0.3, 0.4) is 0 Å². The molecule has 0 aromatic rings. The SMILES string of the molecule is O=S(=O)(CCN1CCNCC1)NC1CCOCC1. The molecular weight excluding hydrogens is 254 g/mol. The van der Waals surface area contributed by atoms with Crippen molar-refractivity contribution in [3.8, 4) is 0 Å². The molecule has 0 amide bonds. The van der Waals surface area contributed by atoms with Gasteiger partial charge in [-0.15, -0.1) is 0 Å². The summed E-state index contributed by atoms with van der Waals surface area (Å²) in [7, 11) is -3.15. The Hall–Kier alpha value is -0.210. The summed E-state index contributed by atoms with van der Waals surface area (Å²) in [5.74, 6) is 0.199. The van der Waals surface area contributed by atoms with Gasteiger partial charge in [0.15, 0.2) is 0 Å². The zero-order chi connectivity index (χ0) is 12.8. The maximum Gasteiger partial charge on any atom is 0.213 e. The van der Waals surface area contributed by atoms with Crippen molar-refractivity contribution in [2.75, 3.05) is 51.7 Å². The summed E-state index contributed by atoms with van der Waals surface area (Å²) in [6.45, 7) is 5.72. The predicted molar refractivity (Wildman–Crippen MR) is 70.1 cm³/mol. The molecule has 0 aromatic carbocycles. The third-order valence-electron chi connectivity index (χ3n) is 3.45. The van der Waals surface area contributed by atoms with Crippen molar-refractivity contribution in [3.05, 3.63) is 0 Å². The lowest BCUT2D eigenvalue weighted by molar-refractivity contribution is 0.0832. The number of piperazine rings is 1. The second kappa shape index (κ2) is 6.81. The van der Waals surface area contributed by atoms with Crippen LogP contribution in [0.15, 0.2) is 0 Å². The fourth-order valence-corrected chi connectivity index (χ4v) is 3.67. The topological polar surface area (TPSA) is 70.7 Å². The molecule has 0 aromatic heterocycles. The Balaban J connectivity index is 1.72. The average Bonchev–Trinajstić information content (AvgIpc) is 2.38. The van der Waals surface area contributed by atoms with Crippen molar-refractivity contribution in [3.63, 3.8) is 0 Å². The van der Waals surface area contributed by atoms with Crippen molar-refractivity contribution in [1.82, 2.24) is 14.9 Å². The van der Waals surface area contributed by atoms with Gasteiger partial charge in [-0.1, -0.05) is 0 Å². The van der Waals surface area contributed by atoms with Gasteiger partial charge < -0.3 is 10.1 Å². The van der Waals surface area contributed by atoms with Crippen molar-refractivity contribution < 1.29 is 13.2 Å². The monoisotopic (exact) mass is 277 g/mol. The maximum absolute atomic E-state index is 11.9. The summed E-state index contributed by atoms with van der Waals surface area (Å²) in [6.07, 6.45) is 1.57. The third-order valence-corrected chi connectivity index (χ3v) is 4.87. The van der Waals surface area contributed by atoms with Crippen LogP contribution < -0.4 is 10.0 Å². The Labute approximate surface area is 109 Å². The standard InChI is InChI=1S/C11H23N3O3S/c15-18(16,13-11-1-8-17-9-2-11)10-7-14-5-3-12-4-6-14/h11-13H,1-10H2. The highest BCUT2D eigenvalue weighted by molar-refractivity contribution is 7.89. The van der Waals surface area contributed by atoms with E-state index >= 15 is 0 Å². The van der Waals surface area contributed by atoms with E-state index in [1.165, 1.54) is 0 Å². The fraction of sp³-hybridized carbons (Fsp3) is 1.00. The lowest BCUT2D eigenvalue weighted by Crippen LogP contribution is -2.47. The molecule has 0 spiro atoms. The highest BCUT2D eigenvalue weighted by Gasteiger charge is 2.21. The Kier molecular flexibility index (Phi) is 5.38. The van der Waals surface area contributed by atoms with Gasteiger partial charge in [0.1, 0.15) is 0 Å². The van der Waals surface area contributed by atoms with Gasteiger partial charge in [-0.25, -0.2) is 13.1 Å². The normalized spacial score (nSPS) is 24.2. The number of rotatable bonds is 5. The molecule has 2 rings (SSSR count). The van der Waals surface area contributed by atoms with Crippen molar-refractivity contribution >= 4 is 10.0 Å². The lowest BCUT2D eigenvalue weighted by Gasteiger charge is -2.28. The Morgan fingerprint density at radius 2 is 1.89 bits per heavy atom. The van der Waals surface area contributed by atoms with E-state index in [9.17, 15) is 8.42 Å². The Morgan fingerprint density at radius 1 is 1.22 bits per heavy atom. The number of nitrogens with zero attached hydrogens (tertiary/aromatic N) is 1. The predicted octanol–water partition coefficient (Wildman–Crippen LogP) is -1.01. The number of hydrogen-bond donors (Lipinski definition) is 2. The first kappa shape index (κ1) is 14.2. The molecule has 0 saturated carbocycles. The second-order valence-corrected chi connectivity index (χ2v) is 6.79. The average molecular weight is 277 g/mol. The van der Waals surface area contributed by atoms with E-state index in [-0.39, 0.29) is 11.8 Å². The summed E-state index contributed by atoms with van der Waals surface area (Å²) in [6, 6.07) is 0.0618. The van der Waals surface area contributed by atoms with Crippen LogP contribution in [0.4, 0.5) is 0 Å². The van der Waals surface area contributed by atoms with Gasteiger partial charge in [0.2, 0.25) is 10.0 Å². The lowest BCUT2D eigenvalue weighted by atomic mass is 10.1. The smallest absolute Gasteiger partial charge is 0.213 e. The van der Waals surface area contributed by atoms with E-state index in [0.29, 0.717) is 19.8 Å². The van der Waals surface area contributed by atoms with Gasteiger partial charge >= 0.3 is 0 Å². The number of ether oxygens (including phenoxy) is 1. The van der Waals surface area contributed by atoms with Crippen LogP contribution in [-0.4, -0.2) is 71.0 Å². The second-order valence-electron chi connectivity index (χ2n) is 4.92. The van der Waals surface area contributed by atoms with Gasteiger partial charge in [0, 0.05) is 52.0 Å². The van der Waals surface area contributed by atoms with Crippen LogP contribution in [0.2, 0.25) is 0 Å². The fourth-order valence-electron chi connectivity index (χ4n) is 2.31. The summed E-state index contributed by atoms with van der Waals surface area (Å²) >= 11 is 0. The Morgan fingerprint density at radius 3 is 2.56 bits per heavy atom. The molecule has 2 fully saturated rings. The summed E-state index contributed by atoms with van der Waals surface area (Å²) < 4.78 is 31.9. The molecule has 18 heavy (non-hydrogen) atoms. The van der Waals surface area contributed by atoms with E-state index in [1.54, 1.807) is 0 Å². The number of sulfonamides is 1. The van der Waals surface area contributed by atoms with Gasteiger partial charge in [-0.2, -0.15) is 0 Å². The molecule has 0 unspecified atom stereocenters. The van der Waals surface area contributed by atoms with Crippen molar-refractivity contribution in [1.29, 1.82) is 0 Å². The molecule has 2 saturated heterocycles. The van der Waals surface area contributed by atoms with E-state index < -0.39 is 10.0 Å². The van der Waals surface area contributed by atoms with E-state index in [4.69, 9.17) is 4.74 Å².